The highest BCUT2D eigenvalue weighted by atomic mass is 16.3. The Morgan fingerprint density at radius 3 is 2.19 bits per heavy atom. The summed E-state index contributed by atoms with van der Waals surface area (Å²) < 4.78 is 0. The Bertz CT molecular complexity index is 952. The molecule has 0 saturated carbocycles. The molecule has 1 aromatic heterocycles. The van der Waals surface area contributed by atoms with Crippen LogP contribution in [0.2, 0.25) is 0 Å². The molecular weight excluding hydrogens is 260 g/mol. The summed E-state index contributed by atoms with van der Waals surface area (Å²) in [4.78, 5) is 3.41. The van der Waals surface area contributed by atoms with E-state index in [-0.39, 0.29) is 5.75 Å². The standard InChI is InChI=1S/C18H14N2O/c19-14-4-2-6-16-18(14)17-13(3-1-5-15(17)20-16)11-7-9-12(21)10-8-11/h1-10,20-21H,19H2. The molecule has 0 aliphatic heterocycles. The lowest BCUT2D eigenvalue weighted by Crippen LogP contribution is -1.85. The number of nitrogens with two attached hydrogens (primary N) is 1. The van der Waals surface area contributed by atoms with Gasteiger partial charge in [0.1, 0.15) is 5.75 Å². The highest BCUT2D eigenvalue weighted by molar-refractivity contribution is 6.18. The minimum Gasteiger partial charge on any atom is -0.508 e. The van der Waals surface area contributed by atoms with E-state index in [9.17, 15) is 5.11 Å². The fourth-order valence-electron chi connectivity index (χ4n) is 2.91. The Morgan fingerprint density at radius 2 is 1.43 bits per heavy atom. The molecule has 0 amide bonds. The van der Waals surface area contributed by atoms with Gasteiger partial charge in [-0.15, -0.1) is 0 Å². The maximum atomic E-state index is 9.47. The topological polar surface area (TPSA) is 62.0 Å². The van der Waals surface area contributed by atoms with Crippen LogP contribution in [-0.4, -0.2) is 10.1 Å². The van der Waals surface area contributed by atoms with Gasteiger partial charge in [-0.1, -0.05) is 30.3 Å². The van der Waals surface area contributed by atoms with Crippen LogP contribution >= 0.6 is 0 Å². The molecule has 0 aliphatic carbocycles. The molecule has 0 radical (unpaired) electrons. The summed E-state index contributed by atoms with van der Waals surface area (Å²) in [6.45, 7) is 0. The van der Waals surface area contributed by atoms with Crippen LogP contribution in [0.25, 0.3) is 32.9 Å². The first-order chi connectivity index (χ1) is 10.2. The van der Waals surface area contributed by atoms with E-state index in [0.29, 0.717) is 0 Å². The molecule has 0 fully saturated rings. The number of fused-ring (bicyclic) bond motifs is 3. The second kappa shape index (κ2) is 4.28. The lowest BCUT2D eigenvalue weighted by atomic mass is 9.99. The van der Waals surface area contributed by atoms with Crippen LogP contribution in [0.5, 0.6) is 5.75 Å². The smallest absolute Gasteiger partial charge is 0.115 e. The number of aromatic nitrogens is 1. The van der Waals surface area contributed by atoms with Gasteiger partial charge in [0.15, 0.2) is 0 Å². The average Bonchev–Trinajstić information content (AvgIpc) is 2.88. The van der Waals surface area contributed by atoms with Crippen LogP contribution < -0.4 is 5.73 Å². The molecule has 4 aromatic rings. The zero-order chi connectivity index (χ0) is 14.4. The quantitative estimate of drug-likeness (QED) is 0.454. The number of anilines is 1. The number of aromatic amines is 1. The zero-order valence-corrected chi connectivity index (χ0v) is 11.3. The van der Waals surface area contributed by atoms with Crippen molar-refractivity contribution < 1.29 is 5.11 Å². The Balaban J connectivity index is 2.14. The molecule has 0 unspecified atom stereocenters. The zero-order valence-electron chi connectivity index (χ0n) is 11.3. The second-order valence-corrected chi connectivity index (χ2v) is 5.17. The molecule has 3 nitrogen and oxygen atoms in total. The number of nitrogens with one attached hydrogen (secondary N) is 1. The molecule has 102 valence electrons. The van der Waals surface area contributed by atoms with Gasteiger partial charge in [-0.3, -0.25) is 0 Å². The first-order valence-corrected chi connectivity index (χ1v) is 6.82. The number of phenolic OH excluding ortho intramolecular Hbond substituents is 1. The van der Waals surface area contributed by atoms with Gasteiger partial charge in [0.2, 0.25) is 0 Å². The lowest BCUT2D eigenvalue weighted by Gasteiger charge is -2.06. The second-order valence-electron chi connectivity index (χ2n) is 5.17. The first-order valence-electron chi connectivity index (χ1n) is 6.82. The Labute approximate surface area is 121 Å². The number of phenols is 1. The van der Waals surface area contributed by atoms with Crippen molar-refractivity contribution in [2.75, 3.05) is 5.73 Å². The molecule has 4 rings (SSSR count). The highest BCUT2D eigenvalue weighted by Crippen LogP contribution is 2.37. The van der Waals surface area contributed by atoms with Gasteiger partial charge >= 0.3 is 0 Å². The van der Waals surface area contributed by atoms with Crippen LogP contribution in [-0.2, 0) is 0 Å². The number of hydrogen-bond donors (Lipinski definition) is 3. The molecule has 0 saturated heterocycles. The molecule has 4 N–H and O–H groups in total. The predicted molar refractivity (Wildman–Crippen MR) is 87.3 cm³/mol. The number of H-pyrrole nitrogens is 1. The van der Waals surface area contributed by atoms with Crippen LogP contribution in [0.3, 0.4) is 0 Å². The van der Waals surface area contributed by atoms with Crippen molar-refractivity contribution in [1.29, 1.82) is 0 Å². The third kappa shape index (κ3) is 1.75. The summed E-state index contributed by atoms with van der Waals surface area (Å²) in [6.07, 6.45) is 0. The van der Waals surface area contributed by atoms with Gasteiger partial charge in [-0.25, -0.2) is 0 Å². The van der Waals surface area contributed by atoms with E-state index in [1.54, 1.807) is 12.1 Å². The minimum atomic E-state index is 0.268. The average molecular weight is 274 g/mol. The third-order valence-corrected chi connectivity index (χ3v) is 3.86. The van der Waals surface area contributed by atoms with Crippen LogP contribution in [0.1, 0.15) is 0 Å². The number of nitrogen functional groups attached to an aromatic ring is 1. The fourth-order valence-corrected chi connectivity index (χ4v) is 2.91. The van der Waals surface area contributed by atoms with E-state index in [4.69, 9.17) is 5.73 Å². The number of aromatic hydroxyl groups is 1. The molecular formula is C18H14N2O. The number of rotatable bonds is 1. The summed E-state index contributed by atoms with van der Waals surface area (Å²) >= 11 is 0. The van der Waals surface area contributed by atoms with Gasteiger partial charge < -0.3 is 15.8 Å². The fraction of sp³-hybridized carbons (Fsp3) is 0. The molecule has 0 bridgehead atoms. The van der Waals surface area contributed by atoms with Gasteiger partial charge in [0.05, 0.1) is 0 Å². The monoisotopic (exact) mass is 274 g/mol. The van der Waals surface area contributed by atoms with E-state index >= 15 is 0 Å². The minimum absolute atomic E-state index is 0.268. The Hall–Kier alpha value is -2.94. The maximum absolute atomic E-state index is 9.47. The van der Waals surface area contributed by atoms with E-state index in [0.717, 1.165) is 38.6 Å². The molecule has 3 heteroatoms. The third-order valence-electron chi connectivity index (χ3n) is 3.86. The predicted octanol–water partition coefficient (Wildman–Crippen LogP) is 4.28. The number of hydrogen-bond acceptors (Lipinski definition) is 2. The Kier molecular flexibility index (Phi) is 2.42. The molecule has 0 atom stereocenters. The molecule has 0 spiro atoms. The van der Waals surface area contributed by atoms with Gasteiger partial charge in [-0.2, -0.15) is 0 Å². The van der Waals surface area contributed by atoms with Crippen molar-refractivity contribution in [2.45, 2.75) is 0 Å². The Morgan fingerprint density at radius 1 is 0.762 bits per heavy atom. The maximum Gasteiger partial charge on any atom is 0.115 e. The molecule has 3 aromatic carbocycles. The summed E-state index contributed by atoms with van der Waals surface area (Å²) in [5.74, 6) is 0.268. The van der Waals surface area contributed by atoms with Crippen molar-refractivity contribution in [3.63, 3.8) is 0 Å². The van der Waals surface area contributed by atoms with Gasteiger partial charge in [0, 0.05) is 27.5 Å². The number of benzene rings is 3. The van der Waals surface area contributed by atoms with Crippen molar-refractivity contribution in [3.05, 3.63) is 60.7 Å². The summed E-state index contributed by atoms with van der Waals surface area (Å²) in [6, 6.07) is 19.3. The van der Waals surface area contributed by atoms with Gasteiger partial charge in [0.25, 0.3) is 0 Å². The lowest BCUT2D eigenvalue weighted by molar-refractivity contribution is 0.475. The van der Waals surface area contributed by atoms with E-state index in [1.165, 1.54) is 0 Å². The highest BCUT2D eigenvalue weighted by Gasteiger charge is 2.12. The van der Waals surface area contributed by atoms with Gasteiger partial charge in [-0.05, 0) is 41.5 Å². The van der Waals surface area contributed by atoms with E-state index < -0.39 is 0 Å². The normalized spacial score (nSPS) is 11.2. The van der Waals surface area contributed by atoms with Crippen LogP contribution in [0.15, 0.2) is 60.7 Å². The summed E-state index contributed by atoms with van der Waals surface area (Å²) in [5, 5.41) is 11.6. The van der Waals surface area contributed by atoms with Crippen molar-refractivity contribution in [3.8, 4) is 16.9 Å². The first kappa shape index (κ1) is 11.9. The van der Waals surface area contributed by atoms with Crippen molar-refractivity contribution in [2.24, 2.45) is 0 Å². The largest absolute Gasteiger partial charge is 0.508 e. The van der Waals surface area contributed by atoms with E-state index in [1.807, 2.05) is 36.4 Å². The van der Waals surface area contributed by atoms with E-state index in [2.05, 4.69) is 17.1 Å². The molecule has 1 heterocycles. The summed E-state index contributed by atoms with van der Waals surface area (Å²) in [7, 11) is 0. The summed E-state index contributed by atoms with van der Waals surface area (Å²) in [5.41, 5.74) is 11.2. The van der Waals surface area contributed by atoms with Crippen LogP contribution in [0, 0.1) is 0 Å². The SMILES string of the molecule is Nc1cccc2[nH]c3cccc(-c4ccc(O)cc4)c3c12. The molecule has 21 heavy (non-hydrogen) atoms. The molecule has 0 aliphatic rings. The van der Waals surface area contributed by atoms with Crippen molar-refractivity contribution >= 4 is 27.5 Å². The van der Waals surface area contributed by atoms with Crippen LogP contribution in [0.4, 0.5) is 5.69 Å². The van der Waals surface area contributed by atoms with Crippen molar-refractivity contribution in [1.82, 2.24) is 4.98 Å².